The van der Waals surface area contributed by atoms with Gasteiger partial charge in [0.25, 0.3) is 5.69 Å². The van der Waals surface area contributed by atoms with Crippen molar-refractivity contribution in [1.29, 1.82) is 0 Å². The molecule has 0 spiro atoms. The second kappa shape index (κ2) is 6.37. The first-order valence-corrected chi connectivity index (χ1v) is 9.25. The Morgan fingerprint density at radius 2 is 1.93 bits per heavy atom. The molecule has 0 atom stereocenters. The van der Waals surface area contributed by atoms with E-state index in [4.69, 9.17) is 0 Å². The van der Waals surface area contributed by atoms with Crippen LogP contribution in [0.5, 0.6) is 0 Å². The number of aromatic carboxylic acids is 1. The van der Waals surface area contributed by atoms with Crippen LogP contribution in [0.2, 0.25) is 0 Å². The largest absolute Gasteiger partial charge is 0.477 e. The third kappa shape index (κ3) is 2.85. The van der Waals surface area contributed by atoms with Gasteiger partial charge in [-0.3, -0.25) is 14.9 Å². The summed E-state index contributed by atoms with van der Waals surface area (Å²) in [6.45, 7) is 3.29. The number of hydrogen-bond donors (Lipinski definition) is 1. The number of pyridine rings is 1. The summed E-state index contributed by atoms with van der Waals surface area (Å²) in [4.78, 5) is 37.6. The molecule has 4 rings (SSSR count). The lowest BCUT2D eigenvalue weighted by Gasteiger charge is -2.30. The average molecular weight is 371 g/mol. The van der Waals surface area contributed by atoms with Crippen LogP contribution in [0.1, 0.15) is 54.1 Å². The molecule has 2 aliphatic rings. The number of aromatic nitrogens is 1. The van der Waals surface area contributed by atoms with Crippen molar-refractivity contribution >= 4 is 28.2 Å². The van der Waals surface area contributed by atoms with Gasteiger partial charge in [0.15, 0.2) is 0 Å². The second-order valence-electron chi connectivity index (χ2n) is 7.39. The Labute approximate surface area is 155 Å². The van der Waals surface area contributed by atoms with Crippen molar-refractivity contribution in [2.45, 2.75) is 45.1 Å². The maximum absolute atomic E-state index is 12.7. The molecule has 1 aromatic carbocycles. The minimum Gasteiger partial charge on any atom is -0.477 e. The summed E-state index contributed by atoms with van der Waals surface area (Å²) in [5, 5.41) is 21.3. The second-order valence-corrected chi connectivity index (χ2v) is 7.39. The highest BCUT2D eigenvalue weighted by Gasteiger charge is 2.32. The van der Waals surface area contributed by atoms with E-state index in [1.807, 2.05) is 9.47 Å². The van der Waals surface area contributed by atoms with E-state index in [0.29, 0.717) is 16.8 Å². The minimum absolute atomic E-state index is 0.117. The Kier molecular flexibility index (Phi) is 4.13. The predicted molar refractivity (Wildman–Crippen MR) is 101 cm³/mol. The highest BCUT2D eigenvalue weighted by Crippen LogP contribution is 2.42. The van der Waals surface area contributed by atoms with Crippen LogP contribution in [-0.4, -0.2) is 33.7 Å². The zero-order valence-corrected chi connectivity index (χ0v) is 15.1. The summed E-state index contributed by atoms with van der Waals surface area (Å²) in [5.41, 5.74) is 0.744. The molecule has 0 unspecified atom stereocenters. The van der Waals surface area contributed by atoms with Gasteiger partial charge in [0.05, 0.1) is 15.8 Å². The molecule has 8 nitrogen and oxygen atoms in total. The molecule has 27 heavy (non-hydrogen) atoms. The number of benzene rings is 1. The average Bonchev–Trinajstić information content (AvgIpc) is 3.47. The Hall–Kier alpha value is -2.90. The van der Waals surface area contributed by atoms with Gasteiger partial charge in [-0.1, -0.05) is 0 Å². The van der Waals surface area contributed by atoms with Gasteiger partial charge < -0.3 is 14.6 Å². The number of nitro groups is 1. The fourth-order valence-electron chi connectivity index (χ4n) is 4.14. The number of carboxylic acid groups (broad SMARTS) is 1. The first kappa shape index (κ1) is 17.5. The zero-order valence-electron chi connectivity index (χ0n) is 15.1. The molecule has 0 radical (unpaired) electrons. The van der Waals surface area contributed by atoms with E-state index in [9.17, 15) is 24.8 Å². The fraction of sp³-hybridized carbons (Fsp3) is 0.474. The highest BCUT2D eigenvalue weighted by atomic mass is 16.6. The Morgan fingerprint density at radius 1 is 1.26 bits per heavy atom. The van der Waals surface area contributed by atoms with Crippen LogP contribution in [0.3, 0.4) is 0 Å². The molecule has 142 valence electrons. The standard InChI is InChI=1S/C19H21N3O5/c1-11-16-13(18(23)14(19(24)25)10-21(16)12-5-6-12)9-15(22(26)27)17(11)20-7-3-2-4-8-20/h9-10,12H,2-8H2,1H3,(H,24,25). The fourth-order valence-corrected chi connectivity index (χ4v) is 4.14. The van der Waals surface area contributed by atoms with Crippen molar-refractivity contribution in [3.63, 3.8) is 0 Å². The lowest BCUT2D eigenvalue weighted by atomic mass is 10.0. The number of fused-ring (bicyclic) bond motifs is 1. The number of nitro benzene ring substituents is 1. The maximum atomic E-state index is 12.7. The van der Waals surface area contributed by atoms with Gasteiger partial charge in [-0.05, 0) is 39.0 Å². The van der Waals surface area contributed by atoms with Crippen LogP contribution in [0.4, 0.5) is 11.4 Å². The third-order valence-electron chi connectivity index (χ3n) is 5.54. The summed E-state index contributed by atoms with van der Waals surface area (Å²) in [7, 11) is 0. The lowest BCUT2D eigenvalue weighted by Crippen LogP contribution is -2.31. The zero-order chi connectivity index (χ0) is 19.3. The van der Waals surface area contributed by atoms with E-state index in [1.165, 1.54) is 12.3 Å². The van der Waals surface area contributed by atoms with Crippen LogP contribution < -0.4 is 10.3 Å². The first-order valence-electron chi connectivity index (χ1n) is 9.25. The van der Waals surface area contributed by atoms with Gasteiger partial charge in [-0.25, -0.2) is 4.79 Å². The van der Waals surface area contributed by atoms with E-state index < -0.39 is 16.3 Å². The van der Waals surface area contributed by atoms with Crippen LogP contribution in [0.25, 0.3) is 10.9 Å². The number of carboxylic acids is 1. The molecule has 2 heterocycles. The van der Waals surface area contributed by atoms with Crippen molar-refractivity contribution in [1.82, 2.24) is 4.57 Å². The lowest BCUT2D eigenvalue weighted by molar-refractivity contribution is -0.384. The maximum Gasteiger partial charge on any atom is 0.341 e. The number of piperidine rings is 1. The molecule has 1 aromatic heterocycles. The van der Waals surface area contributed by atoms with Gasteiger partial charge >= 0.3 is 5.97 Å². The van der Waals surface area contributed by atoms with Crippen LogP contribution in [-0.2, 0) is 0 Å². The summed E-state index contributed by atoms with van der Waals surface area (Å²) in [6.07, 6.45) is 6.28. The Morgan fingerprint density at radius 3 is 2.48 bits per heavy atom. The van der Waals surface area contributed by atoms with Gasteiger partial charge in [0.1, 0.15) is 11.3 Å². The minimum atomic E-state index is -1.31. The molecule has 1 N–H and O–H groups in total. The Bertz CT molecular complexity index is 1020. The van der Waals surface area contributed by atoms with Crippen molar-refractivity contribution in [3.05, 3.63) is 43.7 Å². The molecule has 1 saturated carbocycles. The third-order valence-corrected chi connectivity index (χ3v) is 5.54. The smallest absolute Gasteiger partial charge is 0.341 e. The van der Waals surface area contributed by atoms with Crippen molar-refractivity contribution in [2.75, 3.05) is 18.0 Å². The summed E-state index contributed by atoms with van der Waals surface area (Å²) >= 11 is 0. The van der Waals surface area contributed by atoms with E-state index in [1.54, 1.807) is 6.92 Å². The van der Waals surface area contributed by atoms with Crippen LogP contribution >= 0.6 is 0 Å². The van der Waals surface area contributed by atoms with E-state index in [2.05, 4.69) is 0 Å². The number of anilines is 1. The van der Waals surface area contributed by atoms with Gasteiger partial charge in [-0.15, -0.1) is 0 Å². The van der Waals surface area contributed by atoms with E-state index in [0.717, 1.165) is 45.2 Å². The molecular formula is C19H21N3O5. The number of nitrogens with zero attached hydrogens (tertiary/aromatic N) is 3. The first-order chi connectivity index (χ1) is 12.9. The molecule has 0 bridgehead atoms. The molecule has 1 aliphatic heterocycles. The molecule has 8 heteroatoms. The monoisotopic (exact) mass is 371 g/mol. The molecule has 1 saturated heterocycles. The van der Waals surface area contributed by atoms with Crippen molar-refractivity contribution in [3.8, 4) is 0 Å². The summed E-state index contributed by atoms with van der Waals surface area (Å²) < 4.78 is 1.84. The highest BCUT2D eigenvalue weighted by molar-refractivity contribution is 5.97. The number of aryl methyl sites for hydroxylation is 1. The molecule has 0 amide bonds. The topological polar surface area (TPSA) is 106 Å². The number of carbonyl (C=O) groups is 1. The molecule has 2 aromatic rings. The van der Waals surface area contributed by atoms with Gasteiger partial charge in [0.2, 0.25) is 5.43 Å². The van der Waals surface area contributed by atoms with Crippen molar-refractivity contribution < 1.29 is 14.8 Å². The van der Waals surface area contributed by atoms with Crippen molar-refractivity contribution in [2.24, 2.45) is 0 Å². The van der Waals surface area contributed by atoms with E-state index in [-0.39, 0.29) is 22.7 Å². The number of hydrogen-bond acceptors (Lipinski definition) is 5. The number of rotatable bonds is 4. The van der Waals surface area contributed by atoms with Crippen LogP contribution in [0, 0.1) is 17.0 Å². The molecule has 2 fully saturated rings. The van der Waals surface area contributed by atoms with Gasteiger partial charge in [-0.2, -0.15) is 0 Å². The molecular weight excluding hydrogens is 350 g/mol. The van der Waals surface area contributed by atoms with E-state index >= 15 is 0 Å². The summed E-state index contributed by atoms with van der Waals surface area (Å²) in [6, 6.07) is 1.42. The predicted octanol–water partition coefficient (Wildman–Crippen LogP) is 3.24. The SMILES string of the molecule is Cc1c(N2CCCCC2)c([N+](=O)[O-])cc2c(=O)c(C(=O)O)cn(C3CC3)c12. The van der Waals surface area contributed by atoms with Gasteiger partial charge in [0, 0.05) is 37.0 Å². The normalized spacial score (nSPS) is 17.3. The van der Waals surface area contributed by atoms with Crippen LogP contribution in [0.15, 0.2) is 17.1 Å². The molecule has 1 aliphatic carbocycles. The quantitative estimate of drug-likeness (QED) is 0.653. The Balaban J connectivity index is 2.08. The summed E-state index contributed by atoms with van der Waals surface area (Å²) in [5.74, 6) is -1.31.